The molecule has 1 aliphatic heterocycles. The Kier molecular flexibility index (Phi) is 5.04. The van der Waals surface area contributed by atoms with Gasteiger partial charge in [-0.1, -0.05) is 43.5 Å². The van der Waals surface area contributed by atoms with Crippen molar-refractivity contribution >= 4 is 11.6 Å². The summed E-state index contributed by atoms with van der Waals surface area (Å²) in [5, 5.41) is 13.7. The summed E-state index contributed by atoms with van der Waals surface area (Å²) in [6.45, 7) is 4.52. The van der Waals surface area contributed by atoms with Gasteiger partial charge >= 0.3 is 0 Å². The normalized spacial score (nSPS) is 21.7. The van der Waals surface area contributed by atoms with E-state index in [4.69, 9.17) is 11.6 Å². The molecule has 0 radical (unpaired) electrons. The van der Waals surface area contributed by atoms with Crippen LogP contribution in [0.25, 0.3) is 0 Å². The molecule has 0 amide bonds. The first-order valence-corrected chi connectivity index (χ1v) is 9.87. The highest BCUT2D eigenvalue weighted by molar-refractivity contribution is 6.30. The minimum absolute atomic E-state index is 0.111. The molecule has 0 unspecified atom stereocenters. The van der Waals surface area contributed by atoms with Crippen LogP contribution in [0.15, 0.2) is 24.3 Å². The molecule has 1 aliphatic carbocycles. The molecular weight excluding hydrogens is 334 g/mol. The maximum atomic E-state index is 6.12. The van der Waals surface area contributed by atoms with E-state index in [0.29, 0.717) is 6.04 Å². The van der Waals surface area contributed by atoms with Gasteiger partial charge in [0.05, 0.1) is 12.1 Å². The van der Waals surface area contributed by atoms with Crippen LogP contribution in [0.2, 0.25) is 5.02 Å². The molecule has 1 atom stereocenters. The molecule has 4 rings (SSSR count). The van der Waals surface area contributed by atoms with E-state index in [1.54, 1.807) is 0 Å². The Balaban J connectivity index is 1.70. The zero-order valence-electron chi connectivity index (χ0n) is 14.8. The molecule has 5 nitrogen and oxygen atoms in total. The number of tetrazole rings is 1. The van der Waals surface area contributed by atoms with Crippen molar-refractivity contribution in [3.63, 3.8) is 0 Å². The summed E-state index contributed by atoms with van der Waals surface area (Å²) in [5.41, 5.74) is 1.23. The minimum atomic E-state index is 0.111. The van der Waals surface area contributed by atoms with Gasteiger partial charge in [-0.25, -0.2) is 4.68 Å². The molecule has 0 bridgehead atoms. The van der Waals surface area contributed by atoms with Gasteiger partial charge in [-0.2, -0.15) is 0 Å². The van der Waals surface area contributed by atoms with Crippen LogP contribution in [0.4, 0.5) is 0 Å². The van der Waals surface area contributed by atoms with E-state index in [9.17, 15) is 0 Å². The van der Waals surface area contributed by atoms with Crippen molar-refractivity contribution in [2.75, 3.05) is 13.1 Å². The standard InChI is InChI=1S/C19H26ClN5/c1-14-10-12-24(13-11-14)18(15-6-8-16(20)9-7-15)19-21-22-23-25(19)17-4-2-3-5-17/h6-9,14,17-18H,2-5,10-13H2,1H3/t18-/m1/s1. The van der Waals surface area contributed by atoms with Gasteiger partial charge in [0.25, 0.3) is 0 Å². The van der Waals surface area contributed by atoms with Crippen LogP contribution in [0.1, 0.15) is 68.9 Å². The largest absolute Gasteiger partial charge is 0.290 e. The van der Waals surface area contributed by atoms with Crippen molar-refractivity contribution in [1.29, 1.82) is 0 Å². The van der Waals surface area contributed by atoms with E-state index < -0.39 is 0 Å². The van der Waals surface area contributed by atoms with E-state index in [2.05, 4.69) is 44.2 Å². The van der Waals surface area contributed by atoms with Gasteiger partial charge in [0.15, 0.2) is 5.82 Å². The molecule has 2 aromatic rings. The van der Waals surface area contributed by atoms with E-state index in [1.807, 2.05) is 12.1 Å². The number of hydrogen-bond acceptors (Lipinski definition) is 4. The summed E-state index contributed by atoms with van der Waals surface area (Å²) in [7, 11) is 0. The fourth-order valence-electron chi connectivity index (χ4n) is 4.24. The average Bonchev–Trinajstić information content (AvgIpc) is 3.30. The maximum Gasteiger partial charge on any atom is 0.173 e. The molecule has 1 aromatic carbocycles. The van der Waals surface area contributed by atoms with E-state index >= 15 is 0 Å². The Morgan fingerprint density at radius 1 is 1.04 bits per heavy atom. The van der Waals surface area contributed by atoms with Crippen molar-refractivity contribution in [2.24, 2.45) is 5.92 Å². The van der Waals surface area contributed by atoms with Crippen LogP contribution in [0.5, 0.6) is 0 Å². The second-order valence-corrected chi connectivity index (χ2v) is 8.03. The van der Waals surface area contributed by atoms with Crippen LogP contribution in [-0.4, -0.2) is 38.2 Å². The van der Waals surface area contributed by atoms with Gasteiger partial charge in [0.2, 0.25) is 0 Å². The molecule has 0 N–H and O–H groups in total. The lowest BCUT2D eigenvalue weighted by molar-refractivity contribution is 0.148. The Bertz CT molecular complexity index is 684. The molecule has 25 heavy (non-hydrogen) atoms. The highest BCUT2D eigenvalue weighted by Crippen LogP contribution is 2.35. The van der Waals surface area contributed by atoms with Crippen LogP contribution in [0.3, 0.4) is 0 Å². The fraction of sp³-hybridized carbons (Fsp3) is 0.632. The predicted molar refractivity (Wildman–Crippen MR) is 98.6 cm³/mol. The third kappa shape index (κ3) is 3.58. The van der Waals surface area contributed by atoms with Gasteiger partial charge in [0.1, 0.15) is 0 Å². The van der Waals surface area contributed by atoms with Gasteiger partial charge in [-0.05, 0) is 72.8 Å². The van der Waals surface area contributed by atoms with Crippen molar-refractivity contribution in [2.45, 2.75) is 57.5 Å². The number of nitrogens with zero attached hydrogens (tertiary/aromatic N) is 5. The first-order chi connectivity index (χ1) is 12.2. The first-order valence-electron chi connectivity index (χ1n) is 9.49. The molecule has 1 aromatic heterocycles. The molecular formula is C19H26ClN5. The van der Waals surface area contributed by atoms with Gasteiger partial charge in [-0.15, -0.1) is 5.10 Å². The van der Waals surface area contributed by atoms with Crippen molar-refractivity contribution in [3.05, 3.63) is 40.7 Å². The summed E-state index contributed by atoms with van der Waals surface area (Å²) in [4.78, 5) is 2.54. The number of hydrogen-bond donors (Lipinski definition) is 0. The average molecular weight is 360 g/mol. The molecule has 6 heteroatoms. The van der Waals surface area contributed by atoms with Gasteiger partial charge < -0.3 is 0 Å². The summed E-state index contributed by atoms with van der Waals surface area (Å²) >= 11 is 6.12. The van der Waals surface area contributed by atoms with Crippen molar-refractivity contribution in [3.8, 4) is 0 Å². The predicted octanol–water partition coefficient (Wildman–Crippen LogP) is 4.26. The van der Waals surface area contributed by atoms with Crippen LogP contribution in [0, 0.1) is 5.92 Å². The van der Waals surface area contributed by atoms with E-state index in [0.717, 1.165) is 29.9 Å². The monoisotopic (exact) mass is 359 g/mol. The zero-order valence-corrected chi connectivity index (χ0v) is 15.6. The summed E-state index contributed by atoms with van der Waals surface area (Å²) < 4.78 is 2.10. The minimum Gasteiger partial charge on any atom is -0.290 e. The highest BCUT2D eigenvalue weighted by Gasteiger charge is 2.32. The van der Waals surface area contributed by atoms with Gasteiger partial charge in [0, 0.05) is 5.02 Å². The van der Waals surface area contributed by atoms with E-state index in [1.165, 1.54) is 44.1 Å². The fourth-order valence-corrected chi connectivity index (χ4v) is 4.37. The summed E-state index contributed by atoms with van der Waals surface area (Å²) in [6, 6.07) is 8.75. The molecule has 1 saturated carbocycles. The van der Waals surface area contributed by atoms with Crippen LogP contribution < -0.4 is 0 Å². The summed E-state index contributed by atoms with van der Waals surface area (Å²) in [6.07, 6.45) is 7.38. The van der Waals surface area contributed by atoms with Crippen molar-refractivity contribution < 1.29 is 0 Å². The van der Waals surface area contributed by atoms with Crippen LogP contribution >= 0.6 is 11.6 Å². The van der Waals surface area contributed by atoms with Crippen molar-refractivity contribution in [1.82, 2.24) is 25.1 Å². The first kappa shape index (κ1) is 17.0. The van der Waals surface area contributed by atoms with Crippen LogP contribution in [-0.2, 0) is 0 Å². The summed E-state index contributed by atoms with van der Waals surface area (Å²) in [5.74, 6) is 1.79. The zero-order chi connectivity index (χ0) is 17.2. The Morgan fingerprint density at radius 3 is 2.40 bits per heavy atom. The molecule has 2 fully saturated rings. The topological polar surface area (TPSA) is 46.8 Å². The number of aromatic nitrogens is 4. The molecule has 2 heterocycles. The number of rotatable bonds is 4. The third-order valence-corrected chi connectivity index (χ3v) is 6.05. The maximum absolute atomic E-state index is 6.12. The number of piperidine rings is 1. The van der Waals surface area contributed by atoms with E-state index in [-0.39, 0.29) is 6.04 Å². The highest BCUT2D eigenvalue weighted by atomic mass is 35.5. The lowest BCUT2D eigenvalue weighted by Gasteiger charge is -2.36. The quantitative estimate of drug-likeness (QED) is 0.818. The number of halogens is 1. The Morgan fingerprint density at radius 2 is 1.72 bits per heavy atom. The Labute approximate surface area is 154 Å². The lowest BCUT2D eigenvalue weighted by Crippen LogP contribution is -2.38. The SMILES string of the molecule is CC1CCN([C@H](c2ccc(Cl)cc2)c2nnnn2C2CCCC2)CC1. The number of benzene rings is 1. The lowest BCUT2D eigenvalue weighted by atomic mass is 9.95. The molecule has 134 valence electrons. The Hall–Kier alpha value is -1.46. The smallest absolute Gasteiger partial charge is 0.173 e. The third-order valence-electron chi connectivity index (χ3n) is 5.80. The second-order valence-electron chi connectivity index (χ2n) is 7.59. The molecule has 0 spiro atoms. The second kappa shape index (κ2) is 7.42. The molecule has 2 aliphatic rings. The molecule has 1 saturated heterocycles. The number of likely N-dealkylation sites (tertiary alicyclic amines) is 1. The van der Waals surface area contributed by atoms with Gasteiger partial charge in [-0.3, -0.25) is 4.90 Å².